The number of hydrogen-bond acceptors (Lipinski definition) is 8. The fraction of sp³-hybridized carbons (Fsp3) is 0.250. The first-order valence-electron chi connectivity index (χ1n) is 5.90. The summed E-state index contributed by atoms with van der Waals surface area (Å²) in [5.74, 6) is -10.2. The van der Waals surface area contributed by atoms with Crippen LogP contribution in [0.3, 0.4) is 0 Å². The number of rotatable bonds is 9. The third-order valence-corrected chi connectivity index (χ3v) is 1.81. The van der Waals surface area contributed by atoms with E-state index in [9.17, 15) is 33.6 Å². The predicted molar refractivity (Wildman–Crippen MR) is 71.4 cm³/mol. The first-order chi connectivity index (χ1) is 11.4. The van der Waals surface area contributed by atoms with Crippen molar-refractivity contribution in [1.29, 1.82) is 0 Å². The Bertz CT molecular complexity index is 600. The Hall–Kier alpha value is -3.77. The van der Waals surface area contributed by atoms with E-state index in [4.69, 9.17) is 25.5 Å². The topological polar surface area (TPSA) is 230 Å². The molecule has 0 rings (SSSR count). The number of carboxylic acids is 5. The van der Waals surface area contributed by atoms with Crippen LogP contribution in [-0.2, 0) is 38.3 Å². The van der Waals surface area contributed by atoms with E-state index in [1.165, 1.54) is 0 Å². The van der Waals surface area contributed by atoms with Crippen LogP contribution in [0.1, 0.15) is 12.8 Å². The standard InChI is InChI=1S/C8H8O8.C4H4O5/c9-5(10)1-2-7(13)16-4(8(14)15)3-6(11)12;5-2(4(8)9)1-3(6)7/h1-2,4H,3H2,(H,9,10)(H,11,12)(H,14,15);1H2,(H,6,7)(H,8,9)/b2-1+;. The van der Waals surface area contributed by atoms with E-state index in [0.29, 0.717) is 12.2 Å². The molecule has 0 aliphatic carbocycles. The molecule has 0 spiro atoms. The number of carboxylic acid groups (broad SMARTS) is 5. The highest BCUT2D eigenvalue weighted by atomic mass is 16.6. The average Bonchev–Trinajstić information content (AvgIpc) is 2.43. The SMILES string of the molecule is O=C(O)/C=C/C(=O)OC(CC(=O)O)C(=O)O.O=C(O)CC(=O)C(=O)O. The van der Waals surface area contributed by atoms with Gasteiger partial charge >= 0.3 is 35.8 Å². The summed E-state index contributed by atoms with van der Waals surface area (Å²) in [6.45, 7) is 0. The summed E-state index contributed by atoms with van der Waals surface area (Å²) in [5.41, 5.74) is 0. The molecule has 138 valence electrons. The van der Waals surface area contributed by atoms with E-state index >= 15 is 0 Å². The van der Waals surface area contributed by atoms with Crippen LogP contribution >= 0.6 is 0 Å². The second kappa shape index (κ2) is 11.8. The maximum absolute atomic E-state index is 10.8. The molecule has 0 saturated heterocycles. The summed E-state index contributed by atoms with van der Waals surface area (Å²) in [5, 5.41) is 40.6. The molecule has 0 aliphatic heterocycles. The van der Waals surface area contributed by atoms with Crippen LogP contribution in [0.2, 0.25) is 0 Å². The van der Waals surface area contributed by atoms with Crippen molar-refractivity contribution in [1.82, 2.24) is 0 Å². The van der Waals surface area contributed by atoms with Crippen LogP contribution in [0.25, 0.3) is 0 Å². The lowest BCUT2D eigenvalue weighted by molar-refractivity contribution is -0.164. The molecule has 0 amide bonds. The molecule has 0 aromatic rings. The lowest BCUT2D eigenvalue weighted by Crippen LogP contribution is -2.29. The third kappa shape index (κ3) is 14.9. The quantitative estimate of drug-likeness (QED) is 0.132. The van der Waals surface area contributed by atoms with Gasteiger partial charge in [0.2, 0.25) is 6.10 Å². The largest absolute Gasteiger partial charge is 0.481 e. The van der Waals surface area contributed by atoms with E-state index < -0.39 is 60.5 Å². The average molecular weight is 364 g/mol. The molecule has 1 atom stereocenters. The minimum absolute atomic E-state index is 0.446. The van der Waals surface area contributed by atoms with Gasteiger partial charge in [-0.3, -0.25) is 14.4 Å². The van der Waals surface area contributed by atoms with E-state index in [2.05, 4.69) is 4.74 Å². The van der Waals surface area contributed by atoms with Gasteiger partial charge in [-0.1, -0.05) is 0 Å². The van der Waals surface area contributed by atoms with Crippen molar-refractivity contribution in [2.45, 2.75) is 18.9 Å². The predicted octanol–water partition coefficient (Wildman–Crippen LogP) is -1.79. The van der Waals surface area contributed by atoms with Crippen molar-refractivity contribution in [3.63, 3.8) is 0 Å². The number of ketones is 1. The molecule has 0 fully saturated rings. The molecule has 1 unspecified atom stereocenters. The zero-order chi connectivity index (χ0) is 20.2. The highest BCUT2D eigenvalue weighted by Crippen LogP contribution is 2.00. The van der Waals surface area contributed by atoms with Crippen LogP contribution in [0.5, 0.6) is 0 Å². The van der Waals surface area contributed by atoms with Gasteiger partial charge in [0.15, 0.2) is 0 Å². The van der Waals surface area contributed by atoms with Gasteiger partial charge in [-0.2, -0.15) is 0 Å². The maximum Gasteiger partial charge on any atom is 0.372 e. The molecular weight excluding hydrogens is 352 g/mol. The van der Waals surface area contributed by atoms with Gasteiger partial charge in [0, 0.05) is 12.2 Å². The van der Waals surface area contributed by atoms with E-state index in [0.717, 1.165) is 0 Å². The smallest absolute Gasteiger partial charge is 0.372 e. The number of carbonyl (C=O) groups is 7. The molecule has 0 heterocycles. The van der Waals surface area contributed by atoms with Crippen LogP contribution in [0.4, 0.5) is 0 Å². The first-order valence-corrected chi connectivity index (χ1v) is 5.90. The second-order valence-corrected chi connectivity index (χ2v) is 3.83. The number of hydrogen-bond donors (Lipinski definition) is 5. The van der Waals surface area contributed by atoms with Crippen molar-refractivity contribution in [2.75, 3.05) is 0 Å². The molecule has 13 heteroatoms. The molecular formula is C12H12O13. The molecule has 5 N–H and O–H groups in total. The molecule has 0 radical (unpaired) electrons. The van der Waals surface area contributed by atoms with E-state index in [1.807, 2.05) is 0 Å². The molecule has 0 aromatic carbocycles. The van der Waals surface area contributed by atoms with Crippen molar-refractivity contribution in [3.05, 3.63) is 12.2 Å². The van der Waals surface area contributed by atoms with Gasteiger partial charge < -0.3 is 30.3 Å². The summed E-state index contributed by atoms with van der Waals surface area (Å²) in [6, 6.07) is 0. The highest BCUT2D eigenvalue weighted by molar-refractivity contribution is 6.35. The number of esters is 1. The fourth-order valence-corrected chi connectivity index (χ4v) is 0.870. The van der Waals surface area contributed by atoms with Crippen LogP contribution in [0.15, 0.2) is 12.2 Å². The molecule has 13 nitrogen and oxygen atoms in total. The Kier molecular flexibility index (Phi) is 11.0. The van der Waals surface area contributed by atoms with Crippen molar-refractivity contribution in [3.8, 4) is 0 Å². The zero-order valence-electron chi connectivity index (χ0n) is 12.1. The summed E-state index contributed by atoms with van der Waals surface area (Å²) in [6.07, 6.45) is -2.76. The summed E-state index contributed by atoms with van der Waals surface area (Å²) in [7, 11) is 0. The lowest BCUT2D eigenvalue weighted by Gasteiger charge is -2.09. The number of ether oxygens (including phenoxy) is 1. The Labute approximate surface area is 137 Å². The van der Waals surface area contributed by atoms with Gasteiger partial charge in [0.05, 0.1) is 6.42 Å². The maximum atomic E-state index is 10.8. The lowest BCUT2D eigenvalue weighted by atomic mass is 10.2. The van der Waals surface area contributed by atoms with Crippen molar-refractivity contribution >= 4 is 41.6 Å². The van der Waals surface area contributed by atoms with Gasteiger partial charge in [-0.05, 0) is 0 Å². The summed E-state index contributed by atoms with van der Waals surface area (Å²) < 4.78 is 4.20. The number of aliphatic carboxylic acids is 5. The molecule has 25 heavy (non-hydrogen) atoms. The monoisotopic (exact) mass is 364 g/mol. The van der Waals surface area contributed by atoms with Crippen LogP contribution < -0.4 is 0 Å². The Morgan fingerprint density at radius 2 is 1.32 bits per heavy atom. The van der Waals surface area contributed by atoms with Gasteiger partial charge in [-0.15, -0.1) is 0 Å². The molecule has 0 aromatic heterocycles. The Morgan fingerprint density at radius 3 is 1.60 bits per heavy atom. The van der Waals surface area contributed by atoms with E-state index in [-0.39, 0.29) is 0 Å². The highest BCUT2D eigenvalue weighted by Gasteiger charge is 2.24. The summed E-state index contributed by atoms with van der Waals surface area (Å²) in [4.78, 5) is 70.7. The summed E-state index contributed by atoms with van der Waals surface area (Å²) >= 11 is 0. The molecule has 0 bridgehead atoms. The van der Waals surface area contributed by atoms with Crippen LogP contribution in [0, 0.1) is 0 Å². The van der Waals surface area contributed by atoms with Crippen molar-refractivity contribution in [2.24, 2.45) is 0 Å². The molecule has 0 saturated carbocycles. The van der Waals surface area contributed by atoms with Crippen LogP contribution in [-0.4, -0.2) is 73.2 Å². The minimum atomic E-state index is -1.84. The number of Topliss-reactive ketones (excluding diaryl/α,β-unsaturated/α-hetero) is 1. The zero-order valence-corrected chi connectivity index (χ0v) is 12.1. The minimum Gasteiger partial charge on any atom is -0.481 e. The third-order valence-electron chi connectivity index (χ3n) is 1.81. The second-order valence-electron chi connectivity index (χ2n) is 3.83. The number of carbonyl (C=O) groups excluding carboxylic acids is 2. The van der Waals surface area contributed by atoms with Gasteiger partial charge in [0.25, 0.3) is 5.78 Å². The van der Waals surface area contributed by atoms with Gasteiger partial charge in [-0.25, -0.2) is 19.2 Å². The van der Waals surface area contributed by atoms with E-state index in [1.54, 1.807) is 0 Å². The Balaban J connectivity index is 0. The van der Waals surface area contributed by atoms with Crippen molar-refractivity contribution < 1.29 is 63.8 Å². The molecule has 0 aliphatic rings. The normalized spacial score (nSPS) is 10.7. The van der Waals surface area contributed by atoms with Gasteiger partial charge in [0.1, 0.15) is 6.42 Å². The Morgan fingerprint density at radius 1 is 0.800 bits per heavy atom. The first kappa shape index (κ1) is 23.5. The fourth-order valence-electron chi connectivity index (χ4n) is 0.870.